The lowest BCUT2D eigenvalue weighted by Gasteiger charge is -2.35. The number of rotatable bonds is 6. The molecule has 0 aromatic heterocycles. The average Bonchev–Trinajstić information content (AvgIpc) is 2.34. The fourth-order valence-electron chi connectivity index (χ4n) is 2.11. The van der Waals surface area contributed by atoms with Crippen molar-refractivity contribution in [1.29, 1.82) is 0 Å². The Kier molecular flexibility index (Phi) is 13.1. The van der Waals surface area contributed by atoms with Crippen molar-refractivity contribution in [2.24, 2.45) is 0 Å². The quantitative estimate of drug-likeness (QED) is 0.730. The van der Waals surface area contributed by atoms with E-state index in [1.807, 2.05) is 4.90 Å². The van der Waals surface area contributed by atoms with Gasteiger partial charge in [-0.05, 0) is 26.9 Å². The minimum atomic E-state index is 0. The fourth-order valence-corrected chi connectivity index (χ4v) is 2.11. The molecular formula is C12H27Cl2N3O2. The third-order valence-electron chi connectivity index (χ3n) is 3.31. The second kappa shape index (κ2) is 11.7. The molecule has 0 radical (unpaired) electrons. The van der Waals surface area contributed by atoms with Crippen LogP contribution in [-0.2, 0) is 9.53 Å². The molecule has 0 aliphatic carbocycles. The highest BCUT2D eigenvalue weighted by Gasteiger charge is 2.23. The molecule has 0 aromatic rings. The Morgan fingerprint density at radius 2 is 1.89 bits per heavy atom. The molecule has 1 N–H and O–H groups in total. The first kappa shape index (κ1) is 21.2. The third kappa shape index (κ3) is 7.95. The SMILES string of the molecule is COCCNCC(=O)N1CCC(N(C)C)CC1.Cl.Cl. The van der Waals surface area contributed by atoms with Crippen LogP contribution in [0.4, 0.5) is 0 Å². The molecule has 116 valence electrons. The normalized spacial score (nSPS) is 15.9. The predicted octanol–water partition coefficient (Wildman–Crippen LogP) is 0.619. The van der Waals surface area contributed by atoms with Crippen LogP contribution in [0.15, 0.2) is 0 Å². The van der Waals surface area contributed by atoms with Crippen LogP contribution in [0.1, 0.15) is 12.8 Å². The molecule has 7 heteroatoms. The Morgan fingerprint density at radius 3 is 2.37 bits per heavy atom. The molecule has 0 saturated carbocycles. The summed E-state index contributed by atoms with van der Waals surface area (Å²) in [5.74, 6) is 0.207. The average molecular weight is 316 g/mol. The molecule has 1 fully saturated rings. The highest BCUT2D eigenvalue weighted by molar-refractivity contribution is 5.85. The van der Waals surface area contributed by atoms with Crippen molar-refractivity contribution in [2.75, 3.05) is 54.0 Å². The van der Waals surface area contributed by atoms with E-state index in [1.165, 1.54) is 0 Å². The number of halogens is 2. The first-order valence-electron chi connectivity index (χ1n) is 6.29. The summed E-state index contributed by atoms with van der Waals surface area (Å²) in [4.78, 5) is 16.1. The molecule has 5 nitrogen and oxygen atoms in total. The Hall–Kier alpha value is -0.0700. The first-order valence-corrected chi connectivity index (χ1v) is 6.29. The van der Waals surface area contributed by atoms with Crippen molar-refractivity contribution >= 4 is 30.7 Å². The van der Waals surface area contributed by atoms with E-state index >= 15 is 0 Å². The van der Waals surface area contributed by atoms with Crippen molar-refractivity contribution in [2.45, 2.75) is 18.9 Å². The number of nitrogens with zero attached hydrogens (tertiary/aromatic N) is 2. The maximum atomic E-state index is 11.8. The molecule has 1 heterocycles. The van der Waals surface area contributed by atoms with Gasteiger partial charge in [0.2, 0.25) is 5.91 Å². The number of nitrogens with one attached hydrogen (secondary N) is 1. The van der Waals surface area contributed by atoms with E-state index in [0.717, 1.165) is 32.5 Å². The first-order chi connectivity index (χ1) is 8.15. The Bertz CT molecular complexity index is 235. The van der Waals surface area contributed by atoms with E-state index < -0.39 is 0 Å². The van der Waals surface area contributed by atoms with Gasteiger partial charge >= 0.3 is 0 Å². The zero-order valence-electron chi connectivity index (χ0n) is 12.1. The monoisotopic (exact) mass is 315 g/mol. The van der Waals surface area contributed by atoms with E-state index in [1.54, 1.807) is 7.11 Å². The fraction of sp³-hybridized carbons (Fsp3) is 0.917. The zero-order valence-corrected chi connectivity index (χ0v) is 13.7. The summed E-state index contributed by atoms with van der Waals surface area (Å²) in [5.41, 5.74) is 0. The van der Waals surface area contributed by atoms with Gasteiger partial charge in [0.1, 0.15) is 0 Å². The Labute approximate surface area is 128 Å². The molecule has 1 saturated heterocycles. The van der Waals surface area contributed by atoms with Crippen LogP contribution in [0.3, 0.4) is 0 Å². The second-order valence-corrected chi connectivity index (χ2v) is 4.75. The van der Waals surface area contributed by atoms with Gasteiger partial charge in [0.15, 0.2) is 0 Å². The maximum absolute atomic E-state index is 11.8. The van der Waals surface area contributed by atoms with Crippen LogP contribution in [0.2, 0.25) is 0 Å². The standard InChI is InChI=1S/C12H25N3O2.2ClH/c1-14(2)11-4-7-15(8-5-11)12(16)10-13-6-9-17-3;;/h11,13H,4-10H2,1-3H3;2*1H. The predicted molar refractivity (Wildman–Crippen MR) is 82.5 cm³/mol. The second-order valence-electron chi connectivity index (χ2n) is 4.75. The molecule has 19 heavy (non-hydrogen) atoms. The molecule has 0 unspecified atom stereocenters. The summed E-state index contributed by atoms with van der Waals surface area (Å²) in [7, 11) is 5.87. The number of carbonyl (C=O) groups is 1. The molecule has 0 spiro atoms. The van der Waals surface area contributed by atoms with Gasteiger partial charge in [-0.15, -0.1) is 24.8 Å². The minimum absolute atomic E-state index is 0. The van der Waals surface area contributed by atoms with Gasteiger partial charge < -0.3 is 19.9 Å². The lowest BCUT2D eigenvalue weighted by atomic mass is 10.0. The topological polar surface area (TPSA) is 44.8 Å². The lowest BCUT2D eigenvalue weighted by Crippen LogP contribution is -2.47. The van der Waals surface area contributed by atoms with Gasteiger partial charge in [-0.1, -0.05) is 0 Å². The molecule has 0 aromatic carbocycles. The van der Waals surface area contributed by atoms with E-state index in [-0.39, 0.29) is 30.7 Å². The zero-order chi connectivity index (χ0) is 12.7. The van der Waals surface area contributed by atoms with Gasteiger partial charge in [0.05, 0.1) is 13.2 Å². The maximum Gasteiger partial charge on any atom is 0.236 e. The molecule has 1 rings (SSSR count). The number of ether oxygens (including phenoxy) is 1. The molecule has 0 atom stereocenters. The number of likely N-dealkylation sites (tertiary alicyclic amines) is 1. The Balaban J connectivity index is 0. The van der Waals surface area contributed by atoms with Gasteiger partial charge in [0, 0.05) is 32.8 Å². The number of methoxy groups -OCH3 is 1. The van der Waals surface area contributed by atoms with E-state index in [4.69, 9.17) is 4.74 Å². The molecule has 1 aliphatic rings. The van der Waals surface area contributed by atoms with Crippen molar-refractivity contribution in [3.05, 3.63) is 0 Å². The Morgan fingerprint density at radius 1 is 1.32 bits per heavy atom. The van der Waals surface area contributed by atoms with Crippen LogP contribution in [0.25, 0.3) is 0 Å². The minimum Gasteiger partial charge on any atom is -0.383 e. The number of hydrogen-bond donors (Lipinski definition) is 1. The number of amides is 1. The van der Waals surface area contributed by atoms with Gasteiger partial charge in [-0.25, -0.2) is 0 Å². The van der Waals surface area contributed by atoms with Crippen LogP contribution < -0.4 is 5.32 Å². The van der Waals surface area contributed by atoms with Gasteiger partial charge in [-0.3, -0.25) is 4.79 Å². The smallest absolute Gasteiger partial charge is 0.236 e. The van der Waals surface area contributed by atoms with Crippen molar-refractivity contribution < 1.29 is 9.53 Å². The van der Waals surface area contributed by atoms with Gasteiger partial charge in [0.25, 0.3) is 0 Å². The molecule has 0 bridgehead atoms. The number of hydrogen-bond acceptors (Lipinski definition) is 4. The summed E-state index contributed by atoms with van der Waals surface area (Å²) in [6.07, 6.45) is 2.16. The van der Waals surface area contributed by atoms with Crippen LogP contribution in [-0.4, -0.2) is 75.7 Å². The van der Waals surface area contributed by atoms with Crippen molar-refractivity contribution in [3.63, 3.8) is 0 Å². The highest BCUT2D eigenvalue weighted by Crippen LogP contribution is 2.13. The van der Waals surface area contributed by atoms with E-state index in [9.17, 15) is 4.79 Å². The summed E-state index contributed by atoms with van der Waals surface area (Å²) >= 11 is 0. The van der Waals surface area contributed by atoms with E-state index in [0.29, 0.717) is 19.2 Å². The van der Waals surface area contributed by atoms with E-state index in [2.05, 4.69) is 24.3 Å². The summed E-state index contributed by atoms with van der Waals surface area (Å²) < 4.78 is 4.92. The number of carbonyl (C=O) groups excluding carboxylic acids is 1. The van der Waals surface area contributed by atoms with Crippen LogP contribution in [0, 0.1) is 0 Å². The van der Waals surface area contributed by atoms with Crippen molar-refractivity contribution in [1.82, 2.24) is 15.1 Å². The lowest BCUT2D eigenvalue weighted by molar-refractivity contribution is -0.131. The summed E-state index contributed by atoms with van der Waals surface area (Å²) in [6, 6.07) is 0.625. The summed E-state index contributed by atoms with van der Waals surface area (Å²) in [5, 5.41) is 3.09. The molecule has 1 aliphatic heterocycles. The van der Waals surface area contributed by atoms with Crippen molar-refractivity contribution in [3.8, 4) is 0 Å². The number of piperidine rings is 1. The third-order valence-corrected chi connectivity index (χ3v) is 3.31. The summed E-state index contributed by atoms with van der Waals surface area (Å²) in [6.45, 7) is 3.57. The molecule has 1 amide bonds. The largest absolute Gasteiger partial charge is 0.383 e. The van der Waals surface area contributed by atoms with Crippen LogP contribution in [0.5, 0.6) is 0 Å². The van der Waals surface area contributed by atoms with Crippen LogP contribution >= 0.6 is 24.8 Å². The molecular weight excluding hydrogens is 289 g/mol. The highest BCUT2D eigenvalue weighted by atomic mass is 35.5. The van der Waals surface area contributed by atoms with Gasteiger partial charge in [-0.2, -0.15) is 0 Å².